The van der Waals surface area contributed by atoms with Crippen LogP contribution in [0, 0.1) is 5.92 Å². The van der Waals surface area contributed by atoms with Crippen LogP contribution in [0.2, 0.25) is 0 Å². The minimum atomic E-state index is -0.816. The monoisotopic (exact) mass is 250 g/mol. The number of hydrogen-bond donors (Lipinski definition) is 3. The molecule has 5 nitrogen and oxygen atoms in total. The number of pyridine rings is 1. The first kappa shape index (κ1) is 12.8. The van der Waals surface area contributed by atoms with Crippen LogP contribution in [0.5, 0.6) is 0 Å². The molecule has 0 atom stereocenters. The van der Waals surface area contributed by atoms with Crippen molar-refractivity contribution in [3.05, 3.63) is 24.4 Å². The van der Waals surface area contributed by atoms with Gasteiger partial charge >= 0.3 is 5.97 Å². The second kappa shape index (κ2) is 5.35. The zero-order chi connectivity index (χ0) is 13.0. The van der Waals surface area contributed by atoms with E-state index in [-0.39, 0.29) is 5.92 Å². The SMILES string of the molecule is O=C(O)[C@H]1CC[C@@](O)(CNc2ccccn2)CC1. The van der Waals surface area contributed by atoms with Crippen molar-refractivity contribution >= 4 is 11.8 Å². The molecule has 1 aromatic rings. The fraction of sp³-hybridized carbons (Fsp3) is 0.538. The van der Waals surface area contributed by atoms with Gasteiger partial charge in [0.15, 0.2) is 0 Å². The molecule has 1 aromatic heterocycles. The second-order valence-corrected chi connectivity index (χ2v) is 4.91. The zero-order valence-corrected chi connectivity index (χ0v) is 10.2. The molecule has 0 aromatic carbocycles. The van der Waals surface area contributed by atoms with Crippen molar-refractivity contribution in [1.29, 1.82) is 0 Å². The van der Waals surface area contributed by atoms with E-state index in [4.69, 9.17) is 5.11 Å². The zero-order valence-electron chi connectivity index (χ0n) is 10.2. The van der Waals surface area contributed by atoms with Gasteiger partial charge in [-0.1, -0.05) is 6.07 Å². The number of aliphatic carboxylic acids is 1. The maximum atomic E-state index is 10.8. The van der Waals surface area contributed by atoms with Crippen LogP contribution in [0.1, 0.15) is 25.7 Å². The van der Waals surface area contributed by atoms with E-state index in [1.54, 1.807) is 6.20 Å². The summed E-state index contributed by atoms with van der Waals surface area (Å²) in [5, 5.41) is 22.3. The summed E-state index contributed by atoms with van der Waals surface area (Å²) in [7, 11) is 0. The standard InChI is InChI=1S/C13H18N2O3/c16-12(17)10-4-6-13(18,7-5-10)9-15-11-3-1-2-8-14-11/h1-3,8,10,18H,4-7,9H2,(H,14,15)(H,16,17)/t10-,13-. The van der Waals surface area contributed by atoms with Crippen molar-refractivity contribution in [3.63, 3.8) is 0 Å². The average molecular weight is 250 g/mol. The quantitative estimate of drug-likeness (QED) is 0.754. The van der Waals surface area contributed by atoms with Crippen molar-refractivity contribution < 1.29 is 15.0 Å². The van der Waals surface area contributed by atoms with E-state index in [1.165, 1.54) is 0 Å². The lowest BCUT2D eigenvalue weighted by atomic mass is 9.79. The van der Waals surface area contributed by atoms with Gasteiger partial charge in [0.25, 0.3) is 0 Å². The van der Waals surface area contributed by atoms with Gasteiger partial charge in [-0.3, -0.25) is 4.79 Å². The molecule has 98 valence electrons. The lowest BCUT2D eigenvalue weighted by Gasteiger charge is -2.34. The van der Waals surface area contributed by atoms with Gasteiger partial charge in [0.2, 0.25) is 0 Å². The molecular formula is C13H18N2O3. The van der Waals surface area contributed by atoms with E-state index in [0.717, 1.165) is 5.82 Å². The smallest absolute Gasteiger partial charge is 0.306 e. The first-order valence-corrected chi connectivity index (χ1v) is 6.19. The van der Waals surface area contributed by atoms with Gasteiger partial charge in [0, 0.05) is 12.7 Å². The van der Waals surface area contributed by atoms with Gasteiger partial charge < -0.3 is 15.5 Å². The fourth-order valence-corrected chi connectivity index (χ4v) is 2.30. The van der Waals surface area contributed by atoms with Gasteiger partial charge in [-0.05, 0) is 37.8 Å². The van der Waals surface area contributed by atoms with Crippen LogP contribution >= 0.6 is 0 Å². The van der Waals surface area contributed by atoms with Gasteiger partial charge in [-0.15, -0.1) is 0 Å². The summed E-state index contributed by atoms with van der Waals surface area (Å²) in [6, 6.07) is 5.55. The van der Waals surface area contributed by atoms with Crippen molar-refractivity contribution in [3.8, 4) is 0 Å². The Morgan fingerprint density at radius 1 is 1.44 bits per heavy atom. The van der Waals surface area contributed by atoms with Crippen LogP contribution in [-0.4, -0.2) is 33.3 Å². The Kier molecular flexibility index (Phi) is 3.81. The number of anilines is 1. The summed E-state index contributed by atoms with van der Waals surface area (Å²) in [5.74, 6) is -0.332. The molecule has 1 aliphatic rings. The molecule has 0 spiro atoms. The molecule has 0 radical (unpaired) electrons. The largest absolute Gasteiger partial charge is 0.481 e. The number of carbonyl (C=O) groups is 1. The van der Waals surface area contributed by atoms with E-state index in [9.17, 15) is 9.90 Å². The van der Waals surface area contributed by atoms with E-state index in [0.29, 0.717) is 32.2 Å². The van der Waals surface area contributed by atoms with Crippen LogP contribution in [0.25, 0.3) is 0 Å². The second-order valence-electron chi connectivity index (χ2n) is 4.91. The number of rotatable bonds is 4. The molecule has 18 heavy (non-hydrogen) atoms. The number of nitrogens with one attached hydrogen (secondary N) is 1. The number of aliphatic hydroxyl groups is 1. The molecule has 0 saturated heterocycles. The molecule has 1 heterocycles. The number of carboxylic acids is 1. The lowest BCUT2D eigenvalue weighted by Crippen LogP contribution is -2.41. The Hall–Kier alpha value is -1.62. The lowest BCUT2D eigenvalue weighted by molar-refractivity contribution is -0.144. The summed E-state index contributed by atoms with van der Waals surface area (Å²) in [4.78, 5) is 15.0. The highest BCUT2D eigenvalue weighted by molar-refractivity contribution is 5.70. The number of nitrogens with zero attached hydrogens (tertiary/aromatic N) is 1. The summed E-state index contributed by atoms with van der Waals surface area (Å²) >= 11 is 0. The number of carboxylic acid groups (broad SMARTS) is 1. The van der Waals surface area contributed by atoms with Crippen molar-refractivity contribution in [2.45, 2.75) is 31.3 Å². The van der Waals surface area contributed by atoms with Crippen molar-refractivity contribution in [1.82, 2.24) is 4.98 Å². The molecule has 1 fully saturated rings. The van der Waals surface area contributed by atoms with Crippen LogP contribution in [0.3, 0.4) is 0 Å². The maximum Gasteiger partial charge on any atom is 0.306 e. The molecule has 0 aliphatic heterocycles. The van der Waals surface area contributed by atoms with Crippen LogP contribution in [0.15, 0.2) is 24.4 Å². The molecule has 2 rings (SSSR count). The van der Waals surface area contributed by atoms with Crippen molar-refractivity contribution in [2.75, 3.05) is 11.9 Å². The normalized spacial score (nSPS) is 27.7. The first-order valence-electron chi connectivity index (χ1n) is 6.19. The third-order valence-electron chi connectivity index (χ3n) is 3.53. The third kappa shape index (κ3) is 3.20. The van der Waals surface area contributed by atoms with E-state index >= 15 is 0 Å². The first-order chi connectivity index (χ1) is 8.59. The van der Waals surface area contributed by atoms with Gasteiger partial charge in [0.1, 0.15) is 5.82 Å². The highest BCUT2D eigenvalue weighted by Crippen LogP contribution is 2.32. The highest BCUT2D eigenvalue weighted by atomic mass is 16.4. The van der Waals surface area contributed by atoms with E-state index in [1.807, 2.05) is 18.2 Å². The fourth-order valence-electron chi connectivity index (χ4n) is 2.30. The third-order valence-corrected chi connectivity index (χ3v) is 3.53. The van der Waals surface area contributed by atoms with Crippen LogP contribution in [-0.2, 0) is 4.79 Å². The van der Waals surface area contributed by atoms with Crippen LogP contribution in [0.4, 0.5) is 5.82 Å². The average Bonchev–Trinajstić information content (AvgIpc) is 2.38. The topological polar surface area (TPSA) is 82.5 Å². The molecule has 0 bridgehead atoms. The number of aromatic nitrogens is 1. The maximum absolute atomic E-state index is 10.8. The Morgan fingerprint density at radius 3 is 2.72 bits per heavy atom. The summed E-state index contributed by atoms with van der Waals surface area (Å²) < 4.78 is 0. The van der Waals surface area contributed by atoms with Gasteiger partial charge in [-0.2, -0.15) is 0 Å². The van der Waals surface area contributed by atoms with E-state index < -0.39 is 11.6 Å². The Morgan fingerprint density at radius 2 is 2.17 bits per heavy atom. The predicted octanol–water partition coefficient (Wildman–Crippen LogP) is 1.50. The molecule has 3 N–H and O–H groups in total. The van der Waals surface area contributed by atoms with Crippen LogP contribution < -0.4 is 5.32 Å². The van der Waals surface area contributed by atoms with Gasteiger partial charge in [-0.25, -0.2) is 4.98 Å². The minimum Gasteiger partial charge on any atom is -0.481 e. The summed E-state index contributed by atoms with van der Waals surface area (Å²) in [6.07, 6.45) is 3.80. The molecule has 5 heteroatoms. The molecule has 0 amide bonds. The summed E-state index contributed by atoms with van der Waals surface area (Å²) in [5.41, 5.74) is -0.816. The molecule has 1 aliphatic carbocycles. The Balaban J connectivity index is 1.85. The minimum absolute atomic E-state index is 0.305. The number of hydrogen-bond acceptors (Lipinski definition) is 4. The molecule has 1 saturated carbocycles. The molecular weight excluding hydrogens is 232 g/mol. The highest BCUT2D eigenvalue weighted by Gasteiger charge is 2.35. The Labute approximate surface area is 106 Å². The van der Waals surface area contributed by atoms with Gasteiger partial charge in [0.05, 0.1) is 11.5 Å². The summed E-state index contributed by atoms with van der Waals surface area (Å²) in [6.45, 7) is 0.413. The van der Waals surface area contributed by atoms with Crippen molar-refractivity contribution in [2.24, 2.45) is 5.92 Å². The molecule has 0 unspecified atom stereocenters. The Bertz CT molecular complexity index is 400. The predicted molar refractivity (Wildman–Crippen MR) is 67.3 cm³/mol. The van der Waals surface area contributed by atoms with E-state index in [2.05, 4.69) is 10.3 Å².